The van der Waals surface area contributed by atoms with Gasteiger partial charge in [0.1, 0.15) is 12.4 Å². The zero-order valence-corrected chi connectivity index (χ0v) is 22.2. The molecule has 2 N–H and O–H groups in total. The highest BCUT2D eigenvalue weighted by Gasteiger charge is 2.11. The number of rotatable bonds is 9. The molecule has 0 aliphatic rings. The van der Waals surface area contributed by atoms with Crippen LogP contribution in [0.25, 0.3) is 0 Å². The molecule has 0 saturated carbocycles. The molecule has 0 aliphatic carbocycles. The Labute approximate surface area is 213 Å². The van der Waals surface area contributed by atoms with Crippen molar-refractivity contribution in [2.24, 2.45) is 14.9 Å². The van der Waals surface area contributed by atoms with Crippen LogP contribution in [0, 0.1) is 17.3 Å². The van der Waals surface area contributed by atoms with E-state index in [1.807, 2.05) is 20.8 Å². The number of sulfonamides is 1. The summed E-state index contributed by atoms with van der Waals surface area (Å²) in [5, 5.41) is 4.83. The van der Waals surface area contributed by atoms with Gasteiger partial charge in [-0.2, -0.15) is 8.42 Å². The standard InChI is InChI=1S/C18H23NO6S.C6H7NO2S/c1-18(2,3)8-7-14-5-6-15(17(20)19-26(21)22)13-16(14)25-12-11-24-10-9-23-4;7-10(8,9)6-4-2-1-3-5-6/h5-6,13H,9-12H2,1-4H3;1-5H,(H2,7,8,9). The quantitative estimate of drug-likeness (QED) is 0.378. The van der Waals surface area contributed by atoms with Gasteiger partial charge in [0.05, 0.1) is 30.3 Å². The molecule has 0 atom stereocenters. The zero-order chi connectivity index (χ0) is 27.2. The second-order valence-electron chi connectivity index (χ2n) is 8.14. The first-order chi connectivity index (χ1) is 16.8. The van der Waals surface area contributed by atoms with Crippen LogP contribution < -0.4 is 9.88 Å². The Bertz CT molecular complexity index is 1300. The van der Waals surface area contributed by atoms with Gasteiger partial charge >= 0.3 is 10.5 Å². The highest BCUT2D eigenvalue weighted by atomic mass is 32.2. The highest BCUT2D eigenvalue weighted by Crippen LogP contribution is 2.22. The molecule has 12 heteroatoms. The number of carbonyl (C=O) groups excluding carboxylic acids is 1. The van der Waals surface area contributed by atoms with Crippen molar-refractivity contribution in [1.82, 2.24) is 0 Å². The van der Waals surface area contributed by atoms with Crippen LogP contribution >= 0.6 is 0 Å². The van der Waals surface area contributed by atoms with Gasteiger partial charge in [-0.05, 0) is 51.1 Å². The van der Waals surface area contributed by atoms with Gasteiger partial charge in [-0.3, -0.25) is 4.79 Å². The molecule has 0 radical (unpaired) electrons. The second kappa shape index (κ2) is 15.1. The van der Waals surface area contributed by atoms with E-state index in [1.165, 1.54) is 24.3 Å². The first-order valence-corrected chi connectivity index (χ1v) is 13.2. The fourth-order valence-electron chi connectivity index (χ4n) is 2.32. The summed E-state index contributed by atoms with van der Waals surface area (Å²) in [5.74, 6) is 5.62. The van der Waals surface area contributed by atoms with Crippen molar-refractivity contribution < 1.29 is 35.8 Å². The van der Waals surface area contributed by atoms with Gasteiger partial charge in [0.15, 0.2) is 0 Å². The first kappa shape index (κ1) is 31.0. The number of hydrogen-bond acceptors (Lipinski definition) is 8. The van der Waals surface area contributed by atoms with E-state index in [1.54, 1.807) is 31.4 Å². The van der Waals surface area contributed by atoms with Gasteiger partial charge in [-0.25, -0.2) is 13.6 Å². The molecule has 196 valence electrons. The van der Waals surface area contributed by atoms with Crippen molar-refractivity contribution in [3.8, 4) is 17.6 Å². The molecule has 0 bridgehead atoms. The van der Waals surface area contributed by atoms with Crippen molar-refractivity contribution >= 4 is 26.4 Å². The number of amides is 1. The summed E-state index contributed by atoms with van der Waals surface area (Å²) < 4.78 is 61.2. The third-order valence-corrected chi connectivity index (χ3v) is 5.19. The summed E-state index contributed by atoms with van der Waals surface area (Å²) in [6.45, 7) is 7.45. The summed E-state index contributed by atoms with van der Waals surface area (Å²) in [5.41, 5.74) is 0.492. The smallest absolute Gasteiger partial charge is 0.319 e. The summed E-state index contributed by atoms with van der Waals surface area (Å²) >= 11 is 0. The number of benzene rings is 2. The molecule has 36 heavy (non-hydrogen) atoms. The van der Waals surface area contributed by atoms with E-state index >= 15 is 0 Å². The van der Waals surface area contributed by atoms with E-state index in [2.05, 4.69) is 16.2 Å². The van der Waals surface area contributed by atoms with Crippen molar-refractivity contribution in [2.75, 3.05) is 33.5 Å². The maximum absolute atomic E-state index is 11.8. The lowest BCUT2D eigenvalue weighted by molar-refractivity contribution is 0.0543. The fourth-order valence-corrected chi connectivity index (χ4v) is 3.10. The topological polar surface area (TPSA) is 151 Å². The van der Waals surface area contributed by atoms with Gasteiger partial charge in [0.2, 0.25) is 10.0 Å². The lowest BCUT2D eigenvalue weighted by Gasteiger charge is -2.11. The van der Waals surface area contributed by atoms with Gasteiger partial charge in [0.25, 0.3) is 5.91 Å². The molecule has 0 spiro atoms. The Hall–Kier alpha value is -3.08. The van der Waals surface area contributed by atoms with E-state index in [0.29, 0.717) is 31.1 Å². The molecular formula is C24H30N2O8S2. The number of methoxy groups -OCH3 is 1. The summed E-state index contributed by atoms with van der Waals surface area (Å²) in [4.78, 5) is 11.9. The van der Waals surface area contributed by atoms with Crippen LogP contribution in [-0.2, 0) is 30.0 Å². The third kappa shape index (κ3) is 13.1. The van der Waals surface area contributed by atoms with Crippen LogP contribution in [0.5, 0.6) is 5.75 Å². The average molecular weight is 539 g/mol. The maximum atomic E-state index is 11.8. The van der Waals surface area contributed by atoms with Gasteiger partial charge in [0, 0.05) is 18.1 Å². The summed E-state index contributed by atoms with van der Waals surface area (Å²) in [7, 11) is -4.73. The molecule has 0 aromatic heterocycles. The summed E-state index contributed by atoms with van der Waals surface area (Å²) in [6.07, 6.45) is 0. The first-order valence-electron chi connectivity index (χ1n) is 10.6. The van der Waals surface area contributed by atoms with Crippen LogP contribution in [0.2, 0.25) is 0 Å². The largest absolute Gasteiger partial charge is 0.490 e. The van der Waals surface area contributed by atoms with Crippen LogP contribution in [-0.4, -0.2) is 56.3 Å². The van der Waals surface area contributed by atoms with E-state index < -0.39 is 26.4 Å². The van der Waals surface area contributed by atoms with E-state index in [9.17, 15) is 21.6 Å². The zero-order valence-electron chi connectivity index (χ0n) is 20.6. The molecule has 2 aromatic carbocycles. The van der Waals surface area contributed by atoms with E-state index in [4.69, 9.17) is 19.3 Å². The number of nitrogens with two attached hydrogens (primary N) is 1. The van der Waals surface area contributed by atoms with E-state index in [-0.39, 0.29) is 22.5 Å². The highest BCUT2D eigenvalue weighted by molar-refractivity contribution is 7.89. The van der Waals surface area contributed by atoms with Crippen molar-refractivity contribution in [3.63, 3.8) is 0 Å². The number of primary sulfonamides is 1. The lowest BCUT2D eigenvalue weighted by Crippen LogP contribution is -2.11. The van der Waals surface area contributed by atoms with Crippen LogP contribution in [0.4, 0.5) is 0 Å². The minimum atomic E-state index is -3.50. The van der Waals surface area contributed by atoms with Crippen LogP contribution in [0.1, 0.15) is 36.7 Å². The Morgan fingerprint density at radius 2 is 1.67 bits per heavy atom. The molecule has 2 aromatic rings. The van der Waals surface area contributed by atoms with Gasteiger partial charge in [-0.1, -0.05) is 34.4 Å². The maximum Gasteiger partial charge on any atom is 0.319 e. The van der Waals surface area contributed by atoms with Gasteiger partial charge in [-0.15, -0.1) is 0 Å². The number of carbonyl (C=O) groups is 1. The normalized spacial score (nSPS) is 10.8. The Morgan fingerprint density at radius 3 is 2.19 bits per heavy atom. The van der Waals surface area contributed by atoms with Crippen molar-refractivity contribution in [2.45, 2.75) is 25.7 Å². The Morgan fingerprint density at radius 1 is 1.03 bits per heavy atom. The molecule has 1 amide bonds. The minimum absolute atomic E-state index is 0.103. The molecule has 0 aliphatic heterocycles. The number of nitrogens with zero attached hydrogens (tertiary/aromatic N) is 1. The molecule has 0 heterocycles. The Kier molecular flexibility index (Phi) is 13.0. The second-order valence-corrected chi connectivity index (χ2v) is 10.3. The summed E-state index contributed by atoms with van der Waals surface area (Å²) in [6, 6.07) is 12.4. The van der Waals surface area contributed by atoms with Gasteiger partial charge < -0.3 is 14.2 Å². The molecule has 2 rings (SSSR count). The molecule has 0 saturated heterocycles. The fraction of sp³-hybridized carbons (Fsp3) is 0.375. The monoisotopic (exact) mass is 538 g/mol. The molecule has 0 unspecified atom stereocenters. The third-order valence-electron chi connectivity index (χ3n) is 3.95. The molecule has 0 fully saturated rings. The SMILES string of the molecule is COCCOCCOc1cc(C(=O)N=S(=O)=O)ccc1C#CC(C)(C)C.NS(=O)(=O)c1ccccc1. The number of hydrogen-bond donors (Lipinski definition) is 1. The van der Waals surface area contributed by atoms with Crippen LogP contribution in [0.15, 0.2) is 57.8 Å². The molecular weight excluding hydrogens is 508 g/mol. The predicted molar refractivity (Wildman–Crippen MR) is 134 cm³/mol. The molecule has 10 nitrogen and oxygen atoms in total. The number of ether oxygens (including phenoxy) is 3. The van der Waals surface area contributed by atoms with Crippen molar-refractivity contribution in [3.05, 3.63) is 59.7 Å². The lowest BCUT2D eigenvalue weighted by atomic mass is 9.97. The minimum Gasteiger partial charge on any atom is -0.490 e. The average Bonchev–Trinajstić information content (AvgIpc) is 2.80. The van der Waals surface area contributed by atoms with E-state index in [0.717, 1.165) is 0 Å². The predicted octanol–water partition coefficient (Wildman–Crippen LogP) is 2.66. The van der Waals surface area contributed by atoms with Crippen molar-refractivity contribution in [1.29, 1.82) is 0 Å². The van der Waals surface area contributed by atoms with Crippen LogP contribution in [0.3, 0.4) is 0 Å². The Balaban J connectivity index is 0.000000537.